The molecule has 2 rings (SSSR count). The fraction of sp³-hybridized carbons (Fsp3) is 0.421. The summed E-state index contributed by atoms with van der Waals surface area (Å²) < 4.78 is 4.89. The zero-order valence-corrected chi connectivity index (χ0v) is 15.3. The molecule has 0 spiro atoms. The van der Waals surface area contributed by atoms with Crippen molar-refractivity contribution in [3.63, 3.8) is 0 Å². The van der Waals surface area contributed by atoms with Gasteiger partial charge < -0.3 is 9.64 Å². The SMILES string of the molecule is CN(CCC#N)C(=O)COC(=O)CCC(=O)N1CCC(c2ccccc2)=N1. The first-order valence-electron chi connectivity index (χ1n) is 8.71. The molecule has 1 aliphatic rings. The lowest BCUT2D eigenvalue weighted by Gasteiger charge is -2.15. The number of carbonyl (C=O) groups is 3. The van der Waals surface area contributed by atoms with E-state index in [2.05, 4.69) is 5.10 Å². The monoisotopic (exact) mass is 370 g/mol. The molecule has 0 aliphatic carbocycles. The van der Waals surface area contributed by atoms with Crippen LogP contribution in [0.5, 0.6) is 0 Å². The Morgan fingerprint density at radius 2 is 2.00 bits per heavy atom. The Kier molecular flexibility index (Phi) is 7.49. The van der Waals surface area contributed by atoms with E-state index in [9.17, 15) is 14.4 Å². The Hall–Kier alpha value is -3.21. The second-order valence-corrected chi connectivity index (χ2v) is 6.06. The number of carbonyl (C=O) groups excluding carboxylic acids is 3. The van der Waals surface area contributed by atoms with Crippen molar-refractivity contribution in [3.8, 4) is 6.07 Å². The molecule has 1 aromatic rings. The largest absolute Gasteiger partial charge is 0.456 e. The van der Waals surface area contributed by atoms with E-state index in [-0.39, 0.29) is 37.6 Å². The number of amides is 2. The highest BCUT2D eigenvalue weighted by molar-refractivity contribution is 6.02. The smallest absolute Gasteiger partial charge is 0.306 e. The fourth-order valence-corrected chi connectivity index (χ4v) is 2.48. The number of hydrazone groups is 1. The van der Waals surface area contributed by atoms with Gasteiger partial charge in [-0.1, -0.05) is 30.3 Å². The Labute approximate surface area is 158 Å². The lowest BCUT2D eigenvalue weighted by atomic mass is 10.1. The van der Waals surface area contributed by atoms with Gasteiger partial charge in [-0.25, -0.2) is 5.01 Å². The van der Waals surface area contributed by atoms with Crippen molar-refractivity contribution >= 4 is 23.5 Å². The van der Waals surface area contributed by atoms with Crippen molar-refractivity contribution in [3.05, 3.63) is 35.9 Å². The third kappa shape index (κ3) is 6.22. The van der Waals surface area contributed by atoms with Crippen LogP contribution in [0.1, 0.15) is 31.2 Å². The second kappa shape index (κ2) is 10.1. The average molecular weight is 370 g/mol. The first-order valence-corrected chi connectivity index (χ1v) is 8.71. The minimum Gasteiger partial charge on any atom is -0.456 e. The van der Waals surface area contributed by atoms with E-state index in [1.54, 1.807) is 0 Å². The molecule has 27 heavy (non-hydrogen) atoms. The summed E-state index contributed by atoms with van der Waals surface area (Å²) in [5.41, 5.74) is 1.82. The maximum Gasteiger partial charge on any atom is 0.306 e. The molecule has 142 valence electrons. The van der Waals surface area contributed by atoms with Crippen LogP contribution in [0.3, 0.4) is 0 Å². The normalized spacial score (nSPS) is 12.9. The van der Waals surface area contributed by atoms with Gasteiger partial charge in [-0.15, -0.1) is 0 Å². The van der Waals surface area contributed by atoms with Crippen molar-refractivity contribution in [2.75, 3.05) is 26.7 Å². The van der Waals surface area contributed by atoms with Crippen LogP contribution in [-0.2, 0) is 19.1 Å². The van der Waals surface area contributed by atoms with E-state index >= 15 is 0 Å². The van der Waals surface area contributed by atoms with Gasteiger partial charge in [0.1, 0.15) is 0 Å². The number of hydrogen-bond acceptors (Lipinski definition) is 6. The summed E-state index contributed by atoms with van der Waals surface area (Å²) in [6.07, 6.45) is 0.749. The Bertz CT molecular complexity index is 755. The van der Waals surface area contributed by atoms with Crippen LogP contribution in [0.15, 0.2) is 35.4 Å². The van der Waals surface area contributed by atoms with Gasteiger partial charge in [-0.3, -0.25) is 14.4 Å². The standard InChI is InChI=1S/C19H22N4O4/c1-22(12-5-11-20)18(25)14-27-19(26)9-8-17(24)23-13-10-16(21-23)15-6-3-2-4-7-15/h2-4,6-7H,5,8-10,12-14H2,1H3. The highest BCUT2D eigenvalue weighted by Crippen LogP contribution is 2.15. The number of nitrogens with zero attached hydrogens (tertiary/aromatic N) is 4. The molecule has 2 amide bonds. The van der Waals surface area contributed by atoms with Gasteiger partial charge in [-0.2, -0.15) is 10.4 Å². The van der Waals surface area contributed by atoms with Crippen LogP contribution < -0.4 is 0 Å². The van der Waals surface area contributed by atoms with Gasteiger partial charge in [0, 0.05) is 26.4 Å². The van der Waals surface area contributed by atoms with Crippen molar-refractivity contribution in [1.82, 2.24) is 9.91 Å². The van der Waals surface area contributed by atoms with Gasteiger partial charge in [0.25, 0.3) is 5.91 Å². The molecule has 0 radical (unpaired) electrons. The van der Waals surface area contributed by atoms with Gasteiger partial charge in [0.15, 0.2) is 6.61 Å². The van der Waals surface area contributed by atoms with Crippen LogP contribution in [-0.4, -0.2) is 60.1 Å². The van der Waals surface area contributed by atoms with Gasteiger partial charge in [-0.05, 0) is 5.56 Å². The number of ether oxygens (including phenoxy) is 1. The second-order valence-electron chi connectivity index (χ2n) is 6.06. The lowest BCUT2D eigenvalue weighted by molar-refractivity contribution is -0.152. The maximum atomic E-state index is 12.2. The van der Waals surface area contributed by atoms with Gasteiger partial charge >= 0.3 is 5.97 Å². The molecule has 1 aromatic carbocycles. The summed E-state index contributed by atoms with van der Waals surface area (Å²) in [5, 5.41) is 14.2. The summed E-state index contributed by atoms with van der Waals surface area (Å²) in [4.78, 5) is 37.0. The summed E-state index contributed by atoms with van der Waals surface area (Å²) in [6.45, 7) is 0.372. The third-order valence-electron chi connectivity index (χ3n) is 4.08. The lowest BCUT2D eigenvalue weighted by Crippen LogP contribution is -2.32. The highest BCUT2D eigenvalue weighted by Gasteiger charge is 2.22. The fourth-order valence-electron chi connectivity index (χ4n) is 2.48. The van der Waals surface area contributed by atoms with Crippen LogP contribution in [0.4, 0.5) is 0 Å². The van der Waals surface area contributed by atoms with Gasteiger partial charge in [0.2, 0.25) is 5.91 Å². The molecule has 0 fully saturated rings. The highest BCUT2D eigenvalue weighted by atomic mass is 16.5. The van der Waals surface area contributed by atoms with Crippen molar-refractivity contribution in [2.45, 2.75) is 25.7 Å². The number of benzene rings is 1. The molecule has 8 nitrogen and oxygen atoms in total. The predicted molar refractivity (Wildman–Crippen MR) is 97.4 cm³/mol. The molecular weight excluding hydrogens is 348 g/mol. The van der Waals surface area contributed by atoms with Gasteiger partial charge in [0.05, 0.1) is 31.2 Å². The molecule has 0 bridgehead atoms. The number of esters is 1. The zero-order valence-electron chi connectivity index (χ0n) is 15.3. The molecular formula is C19H22N4O4. The summed E-state index contributed by atoms with van der Waals surface area (Å²) in [7, 11) is 1.53. The number of nitriles is 1. The van der Waals surface area contributed by atoms with E-state index in [1.807, 2.05) is 36.4 Å². The molecule has 1 heterocycles. The Balaban J connectivity index is 1.72. The molecule has 1 aliphatic heterocycles. The minimum absolute atomic E-state index is 0.0249. The topological polar surface area (TPSA) is 103 Å². The van der Waals surface area contributed by atoms with E-state index in [1.165, 1.54) is 17.0 Å². The Morgan fingerprint density at radius 1 is 1.26 bits per heavy atom. The zero-order chi connectivity index (χ0) is 19.6. The summed E-state index contributed by atoms with van der Waals surface area (Å²) >= 11 is 0. The van der Waals surface area contributed by atoms with Crippen LogP contribution in [0, 0.1) is 11.3 Å². The molecule has 0 aromatic heterocycles. The molecule has 0 saturated heterocycles. The van der Waals surface area contributed by atoms with E-state index in [0.717, 1.165) is 11.3 Å². The molecule has 0 saturated carbocycles. The van der Waals surface area contributed by atoms with Crippen molar-refractivity contribution in [2.24, 2.45) is 5.10 Å². The molecule has 0 unspecified atom stereocenters. The first-order chi connectivity index (χ1) is 13.0. The quantitative estimate of drug-likeness (QED) is 0.642. The summed E-state index contributed by atoms with van der Waals surface area (Å²) in [5.74, 6) is -1.26. The molecule has 0 atom stereocenters. The average Bonchev–Trinajstić information content (AvgIpc) is 3.19. The molecule has 0 N–H and O–H groups in total. The maximum absolute atomic E-state index is 12.2. The minimum atomic E-state index is -0.614. The van der Waals surface area contributed by atoms with E-state index < -0.39 is 12.6 Å². The van der Waals surface area contributed by atoms with E-state index in [4.69, 9.17) is 10.00 Å². The summed E-state index contributed by atoms with van der Waals surface area (Å²) in [6, 6.07) is 11.6. The van der Waals surface area contributed by atoms with Crippen LogP contribution in [0.2, 0.25) is 0 Å². The number of hydrogen-bond donors (Lipinski definition) is 0. The number of likely N-dealkylation sites (N-methyl/N-ethyl adjacent to an activating group) is 1. The first kappa shape index (κ1) is 20.1. The third-order valence-corrected chi connectivity index (χ3v) is 4.08. The van der Waals surface area contributed by atoms with Crippen molar-refractivity contribution in [1.29, 1.82) is 5.26 Å². The predicted octanol–water partition coefficient (Wildman–Crippen LogP) is 1.32. The Morgan fingerprint density at radius 3 is 2.70 bits per heavy atom. The van der Waals surface area contributed by atoms with Crippen LogP contribution in [0.25, 0.3) is 0 Å². The van der Waals surface area contributed by atoms with Crippen molar-refractivity contribution < 1.29 is 19.1 Å². The van der Waals surface area contributed by atoms with E-state index in [0.29, 0.717) is 13.0 Å². The molecule has 8 heteroatoms. The van der Waals surface area contributed by atoms with Crippen LogP contribution >= 0.6 is 0 Å². The number of rotatable bonds is 8.